The molecular formula is C25H29NO5. The third-order valence-electron chi connectivity index (χ3n) is 7.54. The number of piperidine rings is 1. The Bertz CT molecular complexity index is 1220. The standard InChI is InChI=1S/C25H29NO5/c1-15-14-30-21-12-22-20(11-19(15)21)16(2)18(24(28)31-22)6-7-23(27)26-10-9-25(29)8-4-3-5-17(25)13-26/h11-12,14,17,29H,3-10,13H2,1-2H3/t17-,25-/m1/s1. The van der Waals surface area contributed by atoms with Crippen LogP contribution in [0.15, 0.2) is 32.0 Å². The van der Waals surface area contributed by atoms with Crippen LogP contribution in [0.4, 0.5) is 0 Å². The number of carbonyl (C=O) groups excluding carboxylic acids is 1. The maximum Gasteiger partial charge on any atom is 0.339 e. The Balaban J connectivity index is 1.35. The minimum Gasteiger partial charge on any atom is -0.464 e. The fraction of sp³-hybridized carbons (Fsp3) is 0.520. The molecule has 6 heteroatoms. The first-order valence-corrected chi connectivity index (χ1v) is 11.3. The lowest BCUT2D eigenvalue weighted by molar-refractivity contribution is -0.143. The largest absolute Gasteiger partial charge is 0.464 e. The number of benzene rings is 1. The van der Waals surface area contributed by atoms with Crippen LogP contribution in [0.3, 0.4) is 0 Å². The van der Waals surface area contributed by atoms with Crippen LogP contribution >= 0.6 is 0 Å². The van der Waals surface area contributed by atoms with Crippen molar-refractivity contribution < 1.29 is 18.7 Å². The van der Waals surface area contributed by atoms with E-state index in [1.54, 1.807) is 12.3 Å². The highest BCUT2D eigenvalue weighted by Gasteiger charge is 2.43. The first-order chi connectivity index (χ1) is 14.9. The third kappa shape index (κ3) is 3.47. The predicted molar refractivity (Wildman–Crippen MR) is 118 cm³/mol. The van der Waals surface area contributed by atoms with Gasteiger partial charge in [-0.05, 0) is 56.7 Å². The first kappa shape index (κ1) is 20.3. The topological polar surface area (TPSA) is 83.9 Å². The fourth-order valence-corrected chi connectivity index (χ4v) is 5.51. The normalized spacial score (nSPS) is 24.0. The SMILES string of the molecule is Cc1coc2cc3oc(=O)c(CCC(=O)N4CC[C@]5(O)CCCC[C@@H]5C4)c(C)c3cc12. The number of hydrogen-bond acceptors (Lipinski definition) is 5. The van der Waals surface area contributed by atoms with Crippen molar-refractivity contribution in [3.05, 3.63) is 45.5 Å². The van der Waals surface area contributed by atoms with Crippen LogP contribution < -0.4 is 5.63 Å². The van der Waals surface area contributed by atoms with Crippen molar-refractivity contribution in [1.82, 2.24) is 4.90 Å². The zero-order chi connectivity index (χ0) is 21.8. The summed E-state index contributed by atoms with van der Waals surface area (Å²) in [5, 5.41) is 12.7. The molecule has 1 aliphatic carbocycles. The average Bonchev–Trinajstić information content (AvgIpc) is 3.11. The second-order valence-corrected chi connectivity index (χ2v) is 9.39. The number of aliphatic hydroxyl groups is 1. The Morgan fingerprint density at radius 3 is 2.87 bits per heavy atom. The van der Waals surface area contributed by atoms with E-state index in [0.29, 0.717) is 42.7 Å². The molecule has 2 aromatic heterocycles. The summed E-state index contributed by atoms with van der Waals surface area (Å²) in [6, 6.07) is 3.77. The van der Waals surface area contributed by atoms with Crippen LogP contribution in [0.1, 0.15) is 55.2 Å². The molecule has 1 N–H and O–H groups in total. The highest BCUT2D eigenvalue weighted by Crippen LogP contribution is 2.40. The average molecular weight is 424 g/mol. The van der Waals surface area contributed by atoms with E-state index in [-0.39, 0.29) is 23.9 Å². The number of rotatable bonds is 3. The van der Waals surface area contributed by atoms with E-state index in [2.05, 4.69) is 0 Å². The van der Waals surface area contributed by atoms with Gasteiger partial charge in [0.05, 0.1) is 11.9 Å². The quantitative estimate of drug-likeness (QED) is 0.637. The lowest BCUT2D eigenvalue weighted by Gasteiger charge is -2.47. The minimum atomic E-state index is -0.596. The van der Waals surface area contributed by atoms with Crippen molar-refractivity contribution in [2.75, 3.05) is 13.1 Å². The Hall–Kier alpha value is -2.60. The van der Waals surface area contributed by atoms with Gasteiger partial charge in [0.2, 0.25) is 5.91 Å². The summed E-state index contributed by atoms with van der Waals surface area (Å²) in [5.41, 5.74) is 2.68. The van der Waals surface area contributed by atoms with Gasteiger partial charge in [0.15, 0.2) is 0 Å². The van der Waals surface area contributed by atoms with Crippen LogP contribution in [0.2, 0.25) is 0 Å². The maximum absolute atomic E-state index is 12.9. The van der Waals surface area contributed by atoms with Crippen LogP contribution in [0, 0.1) is 19.8 Å². The highest BCUT2D eigenvalue weighted by molar-refractivity contribution is 5.96. The molecule has 1 saturated carbocycles. The zero-order valence-electron chi connectivity index (χ0n) is 18.2. The van der Waals surface area contributed by atoms with Crippen LogP contribution in [-0.2, 0) is 11.2 Å². The summed E-state index contributed by atoms with van der Waals surface area (Å²) in [6.45, 7) is 5.12. The van der Waals surface area contributed by atoms with E-state index >= 15 is 0 Å². The molecule has 31 heavy (non-hydrogen) atoms. The number of hydrogen-bond donors (Lipinski definition) is 1. The maximum atomic E-state index is 12.9. The number of furan rings is 1. The molecular weight excluding hydrogens is 394 g/mol. The van der Waals surface area contributed by atoms with Crippen molar-refractivity contribution in [1.29, 1.82) is 0 Å². The summed E-state index contributed by atoms with van der Waals surface area (Å²) >= 11 is 0. The lowest BCUT2D eigenvalue weighted by Crippen LogP contribution is -2.54. The number of fused-ring (bicyclic) bond motifs is 3. The minimum absolute atomic E-state index is 0.0488. The van der Waals surface area contributed by atoms with Gasteiger partial charge in [-0.3, -0.25) is 4.79 Å². The molecule has 1 saturated heterocycles. The van der Waals surface area contributed by atoms with Crippen molar-refractivity contribution in [2.24, 2.45) is 5.92 Å². The van der Waals surface area contributed by atoms with E-state index in [1.165, 1.54) is 0 Å². The second-order valence-electron chi connectivity index (χ2n) is 9.39. The molecule has 5 rings (SSSR count). The number of likely N-dealkylation sites (tertiary alicyclic amines) is 1. The molecule has 0 bridgehead atoms. The van der Waals surface area contributed by atoms with Crippen molar-refractivity contribution in [3.8, 4) is 0 Å². The molecule has 1 aliphatic heterocycles. The molecule has 3 aromatic rings. The fourth-order valence-electron chi connectivity index (χ4n) is 5.51. The van der Waals surface area contributed by atoms with Gasteiger partial charge in [-0.2, -0.15) is 0 Å². The summed E-state index contributed by atoms with van der Waals surface area (Å²) in [5.74, 6) is 0.222. The summed E-state index contributed by atoms with van der Waals surface area (Å²) < 4.78 is 11.1. The molecule has 2 atom stereocenters. The number of carbonyl (C=O) groups is 1. The van der Waals surface area contributed by atoms with Crippen molar-refractivity contribution >= 4 is 27.8 Å². The smallest absolute Gasteiger partial charge is 0.339 e. The third-order valence-corrected chi connectivity index (χ3v) is 7.54. The summed E-state index contributed by atoms with van der Waals surface area (Å²) in [7, 11) is 0. The molecule has 2 aliphatic rings. The molecule has 2 fully saturated rings. The van der Waals surface area contributed by atoms with E-state index in [9.17, 15) is 14.7 Å². The van der Waals surface area contributed by atoms with Gasteiger partial charge in [-0.15, -0.1) is 0 Å². The van der Waals surface area contributed by atoms with E-state index in [1.807, 2.05) is 24.8 Å². The highest BCUT2D eigenvalue weighted by atomic mass is 16.4. The number of nitrogens with zero attached hydrogens (tertiary/aromatic N) is 1. The van der Waals surface area contributed by atoms with E-state index < -0.39 is 5.60 Å². The number of aryl methyl sites for hydroxylation is 2. The monoisotopic (exact) mass is 423 g/mol. The van der Waals surface area contributed by atoms with Crippen LogP contribution in [0.25, 0.3) is 21.9 Å². The van der Waals surface area contributed by atoms with Gasteiger partial charge in [-0.25, -0.2) is 4.79 Å². The predicted octanol–water partition coefficient (Wildman–Crippen LogP) is 4.24. The zero-order valence-corrected chi connectivity index (χ0v) is 18.2. The molecule has 1 amide bonds. The van der Waals surface area contributed by atoms with Crippen LogP contribution in [0.5, 0.6) is 0 Å². The van der Waals surface area contributed by atoms with Gasteiger partial charge in [-0.1, -0.05) is 12.8 Å². The van der Waals surface area contributed by atoms with Gasteiger partial charge in [0.1, 0.15) is 11.2 Å². The number of amides is 1. The van der Waals surface area contributed by atoms with E-state index in [0.717, 1.165) is 47.6 Å². The van der Waals surface area contributed by atoms with Gasteiger partial charge in [0.25, 0.3) is 0 Å². The summed E-state index contributed by atoms with van der Waals surface area (Å²) in [4.78, 5) is 27.5. The Kier molecular flexibility index (Phi) is 4.93. The summed E-state index contributed by atoms with van der Waals surface area (Å²) in [6.07, 6.45) is 7.00. The van der Waals surface area contributed by atoms with Gasteiger partial charge >= 0.3 is 5.63 Å². The van der Waals surface area contributed by atoms with Gasteiger partial charge in [0, 0.05) is 47.8 Å². The van der Waals surface area contributed by atoms with E-state index in [4.69, 9.17) is 8.83 Å². The Labute approximate surface area is 180 Å². The molecule has 3 heterocycles. The van der Waals surface area contributed by atoms with Crippen molar-refractivity contribution in [3.63, 3.8) is 0 Å². The molecule has 6 nitrogen and oxygen atoms in total. The Morgan fingerprint density at radius 2 is 2.03 bits per heavy atom. The Morgan fingerprint density at radius 1 is 1.19 bits per heavy atom. The molecule has 0 radical (unpaired) electrons. The van der Waals surface area contributed by atoms with Crippen LogP contribution in [-0.4, -0.2) is 34.6 Å². The molecule has 1 aromatic carbocycles. The molecule has 0 spiro atoms. The first-order valence-electron chi connectivity index (χ1n) is 11.3. The lowest BCUT2D eigenvalue weighted by atomic mass is 9.71. The second kappa shape index (κ2) is 7.52. The van der Waals surface area contributed by atoms with Gasteiger partial charge < -0.3 is 18.8 Å². The molecule has 164 valence electrons. The van der Waals surface area contributed by atoms with Crippen molar-refractivity contribution in [2.45, 2.75) is 64.4 Å². The molecule has 0 unspecified atom stereocenters.